The topological polar surface area (TPSA) is 90.1 Å². The number of carboxylic acids is 1. The van der Waals surface area contributed by atoms with E-state index in [0.717, 1.165) is 68.0 Å². The fraction of sp³-hybridized carbons (Fsp3) is 0.667. The van der Waals surface area contributed by atoms with Gasteiger partial charge in [0.15, 0.2) is 0 Å². The van der Waals surface area contributed by atoms with E-state index in [1.54, 1.807) is 0 Å². The number of aliphatic hydroxyl groups excluding tert-OH is 1. The molecule has 1 fully saturated rings. The van der Waals surface area contributed by atoms with E-state index in [1.165, 1.54) is 18.4 Å². The standard InChI is InChI=1S/C24H36BrNO4/c25-19-12-9-11-18(16-19)10-5-1-2-6-13-20-21(23(27)17-22(20)26-30)14-7-3-4-8-15-24(28)29/h9,11-12,16,20-21,23,27,30H,1-8,10,13-15,17H2,(H,28,29)/b26-22-/t20-,21-,23?/m1/s1. The van der Waals surface area contributed by atoms with Gasteiger partial charge in [0.05, 0.1) is 11.8 Å². The third kappa shape index (κ3) is 8.76. The lowest BCUT2D eigenvalue weighted by molar-refractivity contribution is -0.137. The molecular formula is C24H36BrNO4. The summed E-state index contributed by atoms with van der Waals surface area (Å²) >= 11 is 3.52. The lowest BCUT2D eigenvalue weighted by Gasteiger charge is -2.21. The summed E-state index contributed by atoms with van der Waals surface area (Å²) in [6.45, 7) is 0. The predicted molar refractivity (Wildman–Crippen MR) is 123 cm³/mol. The monoisotopic (exact) mass is 481 g/mol. The van der Waals surface area contributed by atoms with Crippen molar-refractivity contribution in [3.63, 3.8) is 0 Å². The zero-order chi connectivity index (χ0) is 21.8. The van der Waals surface area contributed by atoms with Crippen LogP contribution in [0.2, 0.25) is 0 Å². The Morgan fingerprint density at radius 2 is 1.73 bits per heavy atom. The zero-order valence-corrected chi connectivity index (χ0v) is 19.4. The number of nitrogens with zero attached hydrogens (tertiary/aromatic N) is 1. The Labute approximate surface area is 188 Å². The van der Waals surface area contributed by atoms with Crippen molar-refractivity contribution in [3.05, 3.63) is 34.3 Å². The summed E-state index contributed by atoms with van der Waals surface area (Å²) in [4.78, 5) is 10.6. The van der Waals surface area contributed by atoms with Crippen LogP contribution in [0.4, 0.5) is 0 Å². The van der Waals surface area contributed by atoms with Crippen LogP contribution in [0.3, 0.4) is 0 Å². The van der Waals surface area contributed by atoms with Crippen LogP contribution < -0.4 is 0 Å². The molecule has 0 aromatic heterocycles. The minimum absolute atomic E-state index is 0.164. The van der Waals surface area contributed by atoms with Crippen LogP contribution >= 0.6 is 15.9 Å². The van der Waals surface area contributed by atoms with Gasteiger partial charge in [-0.05, 0) is 55.7 Å². The maximum absolute atomic E-state index is 10.6. The Morgan fingerprint density at radius 1 is 1.03 bits per heavy atom. The molecule has 6 heteroatoms. The molecule has 3 N–H and O–H groups in total. The van der Waals surface area contributed by atoms with E-state index in [1.807, 2.05) is 6.07 Å². The Kier molecular flexibility index (Phi) is 11.4. The van der Waals surface area contributed by atoms with Crippen LogP contribution in [-0.2, 0) is 11.2 Å². The number of rotatable bonds is 14. The van der Waals surface area contributed by atoms with Crippen molar-refractivity contribution in [2.24, 2.45) is 17.0 Å². The second kappa shape index (κ2) is 13.8. The van der Waals surface area contributed by atoms with E-state index < -0.39 is 12.1 Å². The Balaban J connectivity index is 1.67. The van der Waals surface area contributed by atoms with Gasteiger partial charge in [0.2, 0.25) is 0 Å². The van der Waals surface area contributed by atoms with Gasteiger partial charge in [0.25, 0.3) is 0 Å². The van der Waals surface area contributed by atoms with E-state index in [2.05, 4.69) is 39.3 Å². The molecule has 0 heterocycles. The number of aryl methyl sites for hydroxylation is 1. The zero-order valence-electron chi connectivity index (χ0n) is 17.8. The molecule has 1 aliphatic rings. The maximum Gasteiger partial charge on any atom is 0.303 e. The normalized spacial score (nSPS) is 22.6. The highest BCUT2D eigenvalue weighted by molar-refractivity contribution is 9.10. The average molecular weight is 482 g/mol. The van der Waals surface area contributed by atoms with Gasteiger partial charge < -0.3 is 15.4 Å². The second-order valence-corrected chi connectivity index (χ2v) is 9.48. The highest BCUT2D eigenvalue weighted by Gasteiger charge is 2.39. The number of hydrogen-bond acceptors (Lipinski definition) is 4. The van der Waals surface area contributed by atoms with E-state index >= 15 is 0 Å². The lowest BCUT2D eigenvalue weighted by Crippen LogP contribution is -2.20. The van der Waals surface area contributed by atoms with E-state index in [9.17, 15) is 15.1 Å². The minimum atomic E-state index is -0.735. The number of carbonyl (C=O) groups is 1. The summed E-state index contributed by atoms with van der Waals surface area (Å²) < 4.78 is 1.13. The van der Waals surface area contributed by atoms with Gasteiger partial charge in [-0.25, -0.2) is 0 Å². The fourth-order valence-corrected chi connectivity index (χ4v) is 5.12. The first-order chi connectivity index (χ1) is 14.5. The van der Waals surface area contributed by atoms with E-state index in [0.29, 0.717) is 6.42 Å². The Bertz CT molecular complexity index is 679. The van der Waals surface area contributed by atoms with Gasteiger partial charge in [-0.15, -0.1) is 0 Å². The third-order valence-corrected chi connectivity index (χ3v) is 6.78. The molecular weight excluding hydrogens is 446 g/mol. The van der Waals surface area contributed by atoms with Crippen molar-refractivity contribution in [3.8, 4) is 0 Å². The molecule has 30 heavy (non-hydrogen) atoms. The van der Waals surface area contributed by atoms with Gasteiger partial charge in [0.1, 0.15) is 0 Å². The molecule has 5 nitrogen and oxygen atoms in total. The first-order valence-corrected chi connectivity index (χ1v) is 12.2. The van der Waals surface area contributed by atoms with Crippen molar-refractivity contribution in [2.45, 2.75) is 89.6 Å². The summed E-state index contributed by atoms with van der Waals surface area (Å²) in [5.41, 5.74) is 2.12. The molecule has 0 radical (unpaired) electrons. The van der Waals surface area contributed by atoms with Gasteiger partial charge in [-0.2, -0.15) is 0 Å². The number of halogens is 1. The molecule has 1 aromatic carbocycles. The Morgan fingerprint density at radius 3 is 2.43 bits per heavy atom. The molecule has 1 aliphatic carbocycles. The molecule has 0 bridgehead atoms. The molecule has 1 unspecified atom stereocenters. The highest BCUT2D eigenvalue weighted by Crippen LogP contribution is 2.37. The second-order valence-electron chi connectivity index (χ2n) is 8.56. The van der Waals surface area contributed by atoms with Crippen LogP contribution in [0.5, 0.6) is 0 Å². The summed E-state index contributed by atoms with van der Waals surface area (Å²) in [5.74, 6) is -0.396. The molecule has 3 atom stereocenters. The fourth-order valence-electron chi connectivity index (χ4n) is 4.67. The lowest BCUT2D eigenvalue weighted by atomic mass is 9.85. The molecule has 1 aromatic rings. The first-order valence-electron chi connectivity index (χ1n) is 11.4. The molecule has 0 amide bonds. The number of benzene rings is 1. The Hall–Kier alpha value is -1.40. The number of oxime groups is 1. The van der Waals surface area contributed by atoms with Crippen LogP contribution in [0, 0.1) is 11.8 Å². The van der Waals surface area contributed by atoms with Gasteiger partial charge >= 0.3 is 5.97 Å². The van der Waals surface area contributed by atoms with Crippen LogP contribution in [0.15, 0.2) is 33.9 Å². The van der Waals surface area contributed by atoms with E-state index in [-0.39, 0.29) is 18.3 Å². The first kappa shape index (κ1) is 24.9. The van der Waals surface area contributed by atoms with Crippen molar-refractivity contribution >= 4 is 27.6 Å². The number of hydrogen-bond donors (Lipinski definition) is 3. The number of aliphatic hydroxyl groups is 1. The van der Waals surface area contributed by atoms with Crippen LogP contribution in [0.25, 0.3) is 0 Å². The van der Waals surface area contributed by atoms with Crippen LogP contribution in [-0.4, -0.2) is 33.2 Å². The number of carboxylic acid groups (broad SMARTS) is 1. The molecule has 1 saturated carbocycles. The van der Waals surface area contributed by atoms with Crippen molar-refractivity contribution in [1.29, 1.82) is 0 Å². The van der Waals surface area contributed by atoms with Gasteiger partial charge in [-0.3, -0.25) is 4.79 Å². The van der Waals surface area contributed by atoms with Crippen molar-refractivity contribution in [2.75, 3.05) is 0 Å². The third-order valence-electron chi connectivity index (χ3n) is 6.28. The molecule has 0 saturated heterocycles. The molecule has 168 valence electrons. The summed E-state index contributed by atoms with van der Waals surface area (Å²) in [6, 6.07) is 8.47. The highest BCUT2D eigenvalue weighted by atomic mass is 79.9. The van der Waals surface area contributed by atoms with Crippen molar-refractivity contribution < 1.29 is 20.2 Å². The summed E-state index contributed by atoms with van der Waals surface area (Å²) in [7, 11) is 0. The van der Waals surface area contributed by atoms with Crippen molar-refractivity contribution in [1.82, 2.24) is 0 Å². The molecule has 0 spiro atoms. The van der Waals surface area contributed by atoms with Gasteiger partial charge in [-0.1, -0.05) is 71.7 Å². The minimum Gasteiger partial charge on any atom is -0.481 e. The predicted octanol–water partition coefficient (Wildman–Crippen LogP) is 6.19. The van der Waals surface area contributed by atoms with E-state index in [4.69, 9.17) is 5.11 Å². The SMILES string of the molecule is O=C(O)CCCCCC[C@H]1C(O)C/C(=N/O)[C@@H]1CCCCCCc1cccc(Br)c1. The van der Waals surface area contributed by atoms with Gasteiger partial charge in [0, 0.05) is 23.2 Å². The number of unbranched alkanes of at least 4 members (excludes halogenated alkanes) is 6. The number of aliphatic carboxylic acids is 1. The maximum atomic E-state index is 10.6. The largest absolute Gasteiger partial charge is 0.481 e. The quantitative estimate of drug-likeness (QED) is 0.167. The summed E-state index contributed by atoms with van der Waals surface area (Å²) in [6.07, 6.45) is 11.5. The molecule has 2 rings (SSSR count). The summed E-state index contributed by atoms with van der Waals surface area (Å²) in [5, 5.41) is 32.0. The molecule has 0 aliphatic heterocycles. The smallest absolute Gasteiger partial charge is 0.303 e. The van der Waals surface area contributed by atoms with Crippen LogP contribution in [0.1, 0.15) is 82.6 Å². The average Bonchev–Trinajstić information content (AvgIpc) is 3.01.